The number of nitriles is 1. The summed E-state index contributed by atoms with van der Waals surface area (Å²) in [6.45, 7) is 4.28. The molecule has 2 aromatic heterocycles. The lowest BCUT2D eigenvalue weighted by Gasteiger charge is -2.37. The third-order valence-corrected chi connectivity index (χ3v) is 8.93. The van der Waals surface area contributed by atoms with E-state index in [1.165, 1.54) is 36.7 Å². The molecule has 5 rings (SSSR count). The van der Waals surface area contributed by atoms with Crippen LogP contribution in [0, 0.1) is 29.9 Å². The molecule has 1 saturated heterocycles. The fourth-order valence-corrected chi connectivity index (χ4v) is 6.22. The lowest BCUT2D eigenvalue weighted by molar-refractivity contribution is -0.766. The van der Waals surface area contributed by atoms with Gasteiger partial charge in [0.05, 0.1) is 34.8 Å². The molecular formula is C25H27F2N10O3S+. The van der Waals surface area contributed by atoms with Gasteiger partial charge in [-0.3, -0.25) is 0 Å². The van der Waals surface area contributed by atoms with E-state index in [4.69, 9.17) is 0 Å². The maximum Gasteiger partial charge on any atom is 0.341 e. The Labute approximate surface area is 234 Å². The maximum absolute atomic E-state index is 14.8. The van der Waals surface area contributed by atoms with Crippen molar-refractivity contribution in [1.29, 1.82) is 5.26 Å². The van der Waals surface area contributed by atoms with E-state index < -0.39 is 27.5 Å². The van der Waals surface area contributed by atoms with Gasteiger partial charge in [0.2, 0.25) is 21.6 Å². The molecule has 1 fully saturated rings. The van der Waals surface area contributed by atoms with Gasteiger partial charge in [-0.1, -0.05) is 11.6 Å². The predicted octanol–water partition coefficient (Wildman–Crippen LogP) is 1.41. The Morgan fingerprint density at radius 2 is 1.93 bits per heavy atom. The van der Waals surface area contributed by atoms with Crippen LogP contribution in [-0.4, -0.2) is 82.4 Å². The van der Waals surface area contributed by atoms with Crippen molar-refractivity contribution in [3.63, 3.8) is 0 Å². The van der Waals surface area contributed by atoms with Crippen LogP contribution >= 0.6 is 0 Å². The number of hydrogen-bond donors (Lipinski definition) is 0. The molecule has 13 nitrogen and oxygen atoms in total. The van der Waals surface area contributed by atoms with Crippen LogP contribution in [0.25, 0.3) is 5.82 Å². The standard InChI is InChI=1S/C25H27F2N10O3S/c1-4-41(39,40)23-16(2)36(32-33(23)3)22-20(27)15-29-24(31-22)34-7-9-35(10-8-34)25(38)37-21(5-6-30-37)18-11-17(14-28)12-19(26)13-18/h6,11-13,15,21H,4-5,7-10H2,1-3H3/q+1/t21-/m0/s1. The zero-order valence-corrected chi connectivity index (χ0v) is 23.4. The Balaban J connectivity index is 1.32. The summed E-state index contributed by atoms with van der Waals surface area (Å²) in [5, 5.41) is 18.8. The fraction of sp³-hybridized carbons (Fsp3) is 0.400. The number of benzene rings is 1. The number of anilines is 1. The fourth-order valence-electron chi connectivity index (χ4n) is 4.97. The first-order chi connectivity index (χ1) is 19.5. The van der Waals surface area contributed by atoms with Gasteiger partial charge in [0.25, 0.3) is 10.8 Å². The van der Waals surface area contributed by atoms with Gasteiger partial charge < -0.3 is 9.80 Å². The highest BCUT2D eigenvalue weighted by Crippen LogP contribution is 2.31. The smallest absolute Gasteiger partial charge is 0.337 e. The molecule has 16 heteroatoms. The van der Waals surface area contributed by atoms with E-state index in [1.807, 2.05) is 6.07 Å². The molecule has 0 aliphatic carbocycles. The van der Waals surface area contributed by atoms with Crippen molar-refractivity contribution in [3.8, 4) is 11.9 Å². The Morgan fingerprint density at radius 3 is 2.61 bits per heavy atom. The van der Waals surface area contributed by atoms with E-state index in [2.05, 4.69) is 20.3 Å². The molecule has 0 saturated carbocycles. The van der Waals surface area contributed by atoms with Crippen LogP contribution in [-0.2, 0) is 16.9 Å². The molecule has 3 aromatic rings. The largest absolute Gasteiger partial charge is 0.341 e. The number of sulfone groups is 1. The highest BCUT2D eigenvalue weighted by molar-refractivity contribution is 7.91. The van der Waals surface area contributed by atoms with E-state index in [-0.39, 0.29) is 52.9 Å². The molecule has 2 aliphatic heterocycles. The molecule has 0 unspecified atom stereocenters. The number of hydrazone groups is 1. The van der Waals surface area contributed by atoms with Crippen LogP contribution in [0.5, 0.6) is 0 Å². The quantitative estimate of drug-likeness (QED) is 0.409. The van der Waals surface area contributed by atoms with Crippen molar-refractivity contribution < 1.29 is 26.7 Å². The third-order valence-electron chi connectivity index (χ3n) is 7.03. The molecule has 41 heavy (non-hydrogen) atoms. The summed E-state index contributed by atoms with van der Waals surface area (Å²) in [5.41, 5.74) is 0.860. The van der Waals surface area contributed by atoms with Crippen LogP contribution in [0.3, 0.4) is 0 Å². The van der Waals surface area contributed by atoms with Crippen molar-refractivity contribution >= 4 is 28.0 Å². The van der Waals surface area contributed by atoms with E-state index in [0.717, 1.165) is 16.9 Å². The van der Waals surface area contributed by atoms with Gasteiger partial charge in [0.15, 0.2) is 5.69 Å². The van der Waals surface area contributed by atoms with Crippen LogP contribution in [0.4, 0.5) is 19.5 Å². The number of aromatic nitrogens is 5. The molecule has 2 amide bonds. The Hall–Kier alpha value is -4.52. The summed E-state index contributed by atoms with van der Waals surface area (Å²) < 4.78 is 56.3. The van der Waals surface area contributed by atoms with Crippen molar-refractivity contribution in [2.45, 2.75) is 31.3 Å². The molecule has 0 radical (unpaired) electrons. The summed E-state index contributed by atoms with van der Waals surface area (Å²) in [5.74, 6) is -1.47. The normalized spacial score (nSPS) is 17.3. The summed E-state index contributed by atoms with van der Waals surface area (Å²) in [6.07, 6.45) is 2.97. The van der Waals surface area contributed by atoms with Crippen LogP contribution in [0.15, 0.2) is 34.5 Å². The van der Waals surface area contributed by atoms with Crippen molar-refractivity contribution in [2.75, 3.05) is 36.8 Å². The number of piperazine rings is 1. The molecule has 214 valence electrons. The van der Waals surface area contributed by atoms with Crippen molar-refractivity contribution in [3.05, 3.63) is 52.9 Å². The minimum Gasteiger partial charge on any atom is -0.337 e. The summed E-state index contributed by atoms with van der Waals surface area (Å²) in [6, 6.07) is 5.00. The average Bonchev–Trinajstić information content (AvgIpc) is 3.57. The number of urea groups is 1. The van der Waals surface area contributed by atoms with Gasteiger partial charge in [-0.25, -0.2) is 27.6 Å². The molecule has 2 aliphatic rings. The summed E-state index contributed by atoms with van der Waals surface area (Å²) >= 11 is 0. The number of carbonyl (C=O) groups is 1. The van der Waals surface area contributed by atoms with Gasteiger partial charge in [-0.05, 0) is 23.8 Å². The van der Waals surface area contributed by atoms with E-state index in [9.17, 15) is 27.3 Å². The van der Waals surface area contributed by atoms with E-state index >= 15 is 0 Å². The lowest BCUT2D eigenvalue weighted by atomic mass is 10.0. The van der Waals surface area contributed by atoms with Gasteiger partial charge in [0.1, 0.15) is 12.9 Å². The molecule has 0 spiro atoms. The molecule has 1 atom stereocenters. The molecule has 0 bridgehead atoms. The highest BCUT2D eigenvalue weighted by atomic mass is 32.2. The van der Waals surface area contributed by atoms with Crippen LogP contribution in [0.2, 0.25) is 0 Å². The summed E-state index contributed by atoms with van der Waals surface area (Å²) in [7, 11) is -2.15. The zero-order chi connectivity index (χ0) is 29.5. The first kappa shape index (κ1) is 28.0. The number of aryl methyl sites for hydroxylation is 1. The number of hydrogen-bond acceptors (Lipinski definition) is 9. The number of nitrogens with zero attached hydrogens (tertiary/aromatic N) is 10. The minimum absolute atomic E-state index is 0.0309. The van der Waals surface area contributed by atoms with E-state index in [1.54, 1.807) is 22.1 Å². The van der Waals surface area contributed by atoms with Gasteiger partial charge in [0, 0.05) is 45.7 Å². The van der Waals surface area contributed by atoms with Gasteiger partial charge in [-0.15, -0.1) is 4.68 Å². The number of rotatable bonds is 5. The predicted molar refractivity (Wildman–Crippen MR) is 141 cm³/mol. The van der Waals surface area contributed by atoms with Crippen LogP contribution in [0.1, 0.15) is 36.2 Å². The second kappa shape index (κ2) is 10.8. The highest BCUT2D eigenvalue weighted by Gasteiger charge is 2.36. The molecule has 1 aromatic carbocycles. The van der Waals surface area contributed by atoms with Gasteiger partial charge >= 0.3 is 6.03 Å². The lowest BCUT2D eigenvalue weighted by Crippen LogP contribution is -2.52. The first-order valence-corrected chi connectivity index (χ1v) is 14.5. The second-order valence-electron chi connectivity index (χ2n) is 9.60. The topological polar surface area (TPSA) is 145 Å². The molecule has 4 heterocycles. The minimum atomic E-state index is -3.62. The zero-order valence-electron chi connectivity index (χ0n) is 22.6. The van der Waals surface area contributed by atoms with E-state index in [0.29, 0.717) is 25.1 Å². The average molecular weight is 586 g/mol. The Bertz CT molecular complexity index is 1690. The van der Waals surface area contributed by atoms with Gasteiger partial charge in [-0.2, -0.15) is 19.7 Å². The van der Waals surface area contributed by atoms with Crippen LogP contribution < -0.4 is 9.58 Å². The SMILES string of the molecule is CCS(=O)(=O)c1c(C)n(-c2nc(N3CCN(C(=O)N4N=CC[C@H]4c4cc(F)cc(C#N)c4)CC3)ncc2F)n[n+]1C. The monoisotopic (exact) mass is 585 g/mol. The Kier molecular flexibility index (Phi) is 7.39. The Morgan fingerprint density at radius 1 is 1.20 bits per heavy atom. The number of amides is 2. The first-order valence-electron chi connectivity index (χ1n) is 12.8. The van der Waals surface area contributed by atoms with Crippen molar-refractivity contribution in [2.24, 2.45) is 12.1 Å². The molecule has 0 N–H and O–H groups in total. The molecular weight excluding hydrogens is 558 g/mol. The number of halogens is 2. The summed E-state index contributed by atoms with van der Waals surface area (Å²) in [4.78, 5) is 25.2. The van der Waals surface area contributed by atoms with Crippen molar-refractivity contribution in [1.82, 2.24) is 29.8 Å². The number of carbonyl (C=O) groups excluding carboxylic acids is 1. The third kappa shape index (κ3) is 5.20. The maximum atomic E-state index is 14.8. The second-order valence-corrected chi connectivity index (χ2v) is 11.8.